The van der Waals surface area contributed by atoms with Crippen molar-refractivity contribution in [1.29, 1.82) is 0 Å². The topological polar surface area (TPSA) is 80.3 Å². The van der Waals surface area contributed by atoms with Crippen LogP contribution in [0.25, 0.3) is 10.9 Å². The van der Waals surface area contributed by atoms with E-state index in [1.54, 1.807) is 11.0 Å². The number of hydrogen-bond acceptors (Lipinski definition) is 8. The molecule has 0 N–H and O–H groups in total. The molecule has 9 nitrogen and oxygen atoms in total. The fourth-order valence-corrected chi connectivity index (χ4v) is 6.43. The number of likely N-dealkylation sites (N-methyl/N-ethyl adjacent to an activating group) is 1. The highest BCUT2D eigenvalue weighted by Gasteiger charge is 2.48. The van der Waals surface area contributed by atoms with E-state index in [0.29, 0.717) is 59.0 Å². The Morgan fingerprint density at radius 3 is 2.51 bits per heavy atom. The fourth-order valence-electron chi connectivity index (χ4n) is 5.82. The molecule has 3 aliphatic heterocycles. The Labute approximate surface area is 252 Å². The molecule has 1 atom stereocenters. The molecular formula is C28H37BrClF2N5O4. The van der Waals surface area contributed by atoms with Gasteiger partial charge in [0.1, 0.15) is 30.1 Å². The van der Waals surface area contributed by atoms with Gasteiger partial charge in [-0.05, 0) is 82.0 Å². The number of piperidine rings is 1. The van der Waals surface area contributed by atoms with Crippen LogP contribution in [0.15, 0.2) is 10.5 Å². The number of carbonyl (C=O) groups excluding carboxylic acids is 1. The van der Waals surface area contributed by atoms with Gasteiger partial charge in [0, 0.05) is 43.0 Å². The van der Waals surface area contributed by atoms with Crippen molar-refractivity contribution in [1.82, 2.24) is 19.8 Å². The minimum Gasteiger partial charge on any atom is -0.484 e. The number of halogens is 4. The van der Waals surface area contributed by atoms with Gasteiger partial charge in [0.15, 0.2) is 5.75 Å². The van der Waals surface area contributed by atoms with Crippen molar-refractivity contribution in [3.63, 3.8) is 0 Å². The summed E-state index contributed by atoms with van der Waals surface area (Å²) < 4.78 is 43.7. The molecule has 3 aliphatic rings. The van der Waals surface area contributed by atoms with Crippen molar-refractivity contribution >= 4 is 50.3 Å². The van der Waals surface area contributed by atoms with E-state index >= 15 is 0 Å². The predicted octanol–water partition coefficient (Wildman–Crippen LogP) is 6.00. The Balaban J connectivity index is 1.39. The van der Waals surface area contributed by atoms with Crippen LogP contribution in [-0.2, 0) is 4.74 Å². The molecule has 3 fully saturated rings. The molecule has 0 aliphatic carbocycles. The van der Waals surface area contributed by atoms with Gasteiger partial charge in [0.25, 0.3) is 6.43 Å². The molecule has 2 aromatic rings. The second-order valence-electron chi connectivity index (χ2n) is 12.3. The van der Waals surface area contributed by atoms with Crippen LogP contribution in [0, 0.1) is 5.41 Å². The lowest BCUT2D eigenvalue weighted by Crippen LogP contribution is -2.62. The van der Waals surface area contributed by atoms with Crippen molar-refractivity contribution in [3.8, 4) is 11.8 Å². The molecule has 5 rings (SSSR count). The van der Waals surface area contributed by atoms with Crippen LogP contribution < -0.4 is 14.4 Å². The molecule has 0 radical (unpaired) electrons. The maximum Gasteiger partial charge on any atom is 0.410 e. The quantitative estimate of drug-likeness (QED) is 0.358. The van der Waals surface area contributed by atoms with Crippen LogP contribution >= 0.6 is 27.5 Å². The van der Waals surface area contributed by atoms with Crippen LogP contribution in [-0.4, -0.2) is 96.9 Å². The van der Waals surface area contributed by atoms with Gasteiger partial charge in [-0.1, -0.05) is 11.6 Å². The summed E-state index contributed by atoms with van der Waals surface area (Å²) in [6.07, 6.45) is 0.909. The Bertz CT molecular complexity index is 1280. The van der Waals surface area contributed by atoms with Crippen molar-refractivity contribution < 1.29 is 27.8 Å². The third-order valence-corrected chi connectivity index (χ3v) is 9.37. The molecule has 3 saturated heterocycles. The summed E-state index contributed by atoms with van der Waals surface area (Å²) in [4.78, 5) is 28.1. The Hall–Kier alpha value is -2.18. The summed E-state index contributed by atoms with van der Waals surface area (Å²) in [5.41, 5.74) is -0.130. The fraction of sp³-hybridized carbons (Fsp3) is 0.679. The predicted molar refractivity (Wildman–Crippen MR) is 157 cm³/mol. The lowest BCUT2D eigenvalue weighted by atomic mass is 9.72. The molecule has 0 bridgehead atoms. The van der Waals surface area contributed by atoms with Crippen LogP contribution in [0.2, 0.25) is 5.02 Å². The molecule has 1 amide bonds. The number of aromatic nitrogens is 2. The molecule has 226 valence electrons. The lowest BCUT2D eigenvalue weighted by molar-refractivity contribution is -0.0434. The minimum atomic E-state index is -2.66. The smallest absolute Gasteiger partial charge is 0.410 e. The number of likely N-dealkylation sites (tertiary alicyclic amines) is 2. The van der Waals surface area contributed by atoms with Gasteiger partial charge in [0.2, 0.25) is 0 Å². The van der Waals surface area contributed by atoms with E-state index in [-0.39, 0.29) is 29.3 Å². The minimum absolute atomic E-state index is 0.0365. The second kappa shape index (κ2) is 11.8. The normalized spacial score (nSPS) is 21.0. The van der Waals surface area contributed by atoms with Gasteiger partial charge < -0.3 is 28.9 Å². The summed E-state index contributed by atoms with van der Waals surface area (Å²) >= 11 is 9.91. The molecule has 41 heavy (non-hydrogen) atoms. The lowest BCUT2D eigenvalue weighted by Gasteiger charge is -2.53. The van der Waals surface area contributed by atoms with Crippen LogP contribution in [0.3, 0.4) is 0 Å². The monoisotopic (exact) mass is 659 g/mol. The number of anilines is 1. The number of carbonyl (C=O) groups is 1. The first-order chi connectivity index (χ1) is 19.3. The summed E-state index contributed by atoms with van der Waals surface area (Å²) in [5, 5.41) is 0.918. The number of amides is 1. The number of ether oxygens (including phenoxy) is 3. The Morgan fingerprint density at radius 2 is 1.90 bits per heavy atom. The Morgan fingerprint density at radius 1 is 1.20 bits per heavy atom. The molecule has 4 heterocycles. The van der Waals surface area contributed by atoms with E-state index in [2.05, 4.69) is 37.8 Å². The van der Waals surface area contributed by atoms with Crippen LogP contribution in [0.5, 0.6) is 11.8 Å². The van der Waals surface area contributed by atoms with Gasteiger partial charge in [-0.15, -0.1) is 0 Å². The number of hydrogen-bond donors (Lipinski definition) is 0. The number of fused-ring (bicyclic) bond motifs is 1. The van der Waals surface area contributed by atoms with Gasteiger partial charge in [-0.2, -0.15) is 9.97 Å². The highest BCUT2D eigenvalue weighted by Crippen LogP contribution is 2.45. The zero-order valence-electron chi connectivity index (χ0n) is 23.9. The molecular weight excluding hydrogens is 624 g/mol. The standard InChI is InChI=1S/C28H37BrClF2N5O4/c1-27(2,3)41-26(38)37-15-28(16-37)7-10-36(11-8-28)24-18-12-19(30)21(29)23(39-14-20(31)32)22(18)33-25(34-24)40-13-17-6-5-9-35(17)4/h12,17,20H,5-11,13-16H2,1-4H3/t17-/m0/s1. The largest absolute Gasteiger partial charge is 0.484 e. The highest BCUT2D eigenvalue weighted by atomic mass is 79.9. The van der Waals surface area contributed by atoms with Gasteiger partial charge in [-0.25, -0.2) is 13.6 Å². The van der Waals surface area contributed by atoms with Crippen LogP contribution in [0.1, 0.15) is 46.5 Å². The molecule has 13 heteroatoms. The molecule has 1 aromatic heterocycles. The third kappa shape index (κ3) is 6.74. The van der Waals surface area contributed by atoms with Gasteiger partial charge in [0.05, 0.1) is 9.50 Å². The molecule has 1 spiro atoms. The summed E-state index contributed by atoms with van der Waals surface area (Å²) in [6.45, 7) is 8.94. The zero-order chi connectivity index (χ0) is 29.5. The number of benzene rings is 1. The van der Waals surface area contributed by atoms with Gasteiger partial charge >= 0.3 is 12.1 Å². The van der Waals surface area contributed by atoms with Crippen molar-refractivity contribution in [2.75, 3.05) is 57.9 Å². The SMILES string of the molecule is CN1CCC[C@H]1COc1nc(N2CCC3(CC2)CN(C(=O)OC(C)(C)C)C3)c2cc(Cl)c(Br)c(OCC(F)F)c2n1. The van der Waals surface area contributed by atoms with Crippen molar-refractivity contribution in [2.45, 2.75) is 64.5 Å². The van der Waals surface area contributed by atoms with E-state index in [1.807, 2.05) is 20.8 Å². The average molecular weight is 661 g/mol. The van der Waals surface area contributed by atoms with E-state index in [0.717, 1.165) is 32.2 Å². The van der Waals surface area contributed by atoms with Crippen molar-refractivity contribution in [2.24, 2.45) is 5.41 Å². The van der Waals surface area contributed by atoms with Gasteiger partial charge in [-0.3, -0.25) is 0 Å². The summed E-state index contributed by atoms with van der Waals surface area (Å²) in [6, 6.07) is 2.16. The maximum absolute atomic E-state index is 13.1. The molecule has 0 unspecified atom stereocenters. The van der Waals surface area contributed by atoms with E-state index in [4.69, 9.17) is 30.8 Å². The van der Waals surface area contributed by atoms with E-state index < -0.39 is 18.6 Å². The van der Waals surface area contributed by atoms with E-state index in [1.165, 1.54) is 0 Å². The second-order valence-corrected chi connectivity index (χ2v) is 13.5. The summed E-state index contributed by atoms with van der Waals surface area (Å²) in [5.74, 6) is 0.763. The van der Waals surface area contributed by atoms with Crippen LogP contribution in [0.4, 0.5) is 19.4 Å². The Kier molecular flexibility index (Phi) is 8.74. The first-order valence-electron chi connectivity index (χ1n) is 14.0. The number of rotatable bonds is 7. The summed E-state index contributed by atoms with van der Waals surface area (Å²) in [7, 11) is 2.07. The first kappa shape index (κ1) is 30.3. The molecule has 0 saturated carbocycles. The zero-order valence-corrected chi connectivity index (χ0v) is 26.2. The average Bonchev–Trinajstić information content (AvgIpc) is 3.29. The maximum atomic E-state index is 13.1. The first-order valence-corrected chi connectivity index (χ1v) is 15.2. The molecule has 1 aromatic carbocycles. The van der Waals surface area contributed by atoms with Crippen molar-refractivity contribution in [3.05, 3.63) is 15.6 Å². The number of nitrogens with zero attached hydrogens (tertiary/aromatic N) is 5. The number of alkyl halides is 2. The highest BCUT2D eigenvalue weighted by molar-refractivity contribution is 9.10. The third-order valence-electron chi connectivity index (χ3n) is 8.06. The van der Waals surface area contributed by atoms with E-state index in [9.17, 15) is 13.6 Å².